The number of nitrogens with zero attached hydrogens (tertiary/aromatic N) is 1. The van der Waals surface area contributed by atoms with E-state index in [-0.39, 0.29) is 24.7 Å². The van der Waals surface area contributed by atoms with Crippen LogP contribution in [0.1, 0.15) is 46.5 Å². The predicted octanol–water partition coefficient (Wildman–Crippen LogP) is 2.07. The van der Waals surface area contributed by atoms with Crippen LogP contribution in [0.5, 0.6) is 0 Å². The summed E-state index contributed by atoms with van der Waals surface area (Å²) >= 11 is 0. The van der Waals surface area contributed by atoms with Crippen molar-refractivity contribution in [1.29, 1.82) is 0 Å². The van der Waals surface area contributed by atoms with Gasteiger partial charge in [-0.2, -0.15) is 5.01 Å². The molecule has 0 aromatic carbocycles. The molecule has 0 bridgehead atoms. The Morgan fingerprint density at radius 2 is 1.83 bits per heavy atom. The number of rotatable bonds is 4. The van der Waals surface area contributed by atoms with Gasteiger partial charge in [-0.05, 0) is 33.1 Å². The molecule has 2 N–H and O–H groups in total. The molecule has 0 atom stereocenters. The fourth-order valence-electron chi connectivity index (χ4n) is 2.27. The first-order valence-electron chi connectivity index (χ1n) is 7.89. The molecule has 1 aliphatic rings. The van der Waals surface area contributed by atoms with Crippen molar-refractivity contribution in [2.75, 3.05) is 19.8 Å². The Hall–Kier alpha value is -2.25. The van der Waals surface area contributed by atoms with Crippen LogP contribution in [0, 0.1) is 0 Å². The summed E-state index contributed by atoms with van der Waals surface area (Å²) in [6.07, 6.45) is 1.88. The van der Waals surface area contributed by atoms with Crippen molar-refractivity contribution < 1.29 is 23.9 Å². The van der Waals surface area contributed by atoms with Gasteiger partial charge >= 0.3 is 12.2 Å². The summed E-state index contributed by atoms with van der Waals surface area (Å²) in [5.41, 5.74) is 2.99. The van der Waals surface area contributed by atoms with Gasteiger partial charge in [-0.3, -0.25) is 4.79 Å². The largest absolute Gasteiger partial charge is 0.449 e. The highest BCUT2D eigenvalue weighted by Crippen LogP contribution is 2.18. The number of Topliss-reactive ketones (excluding diaryl/α,β-unsaturated/α-hetero) is 1. The molecule has 0 radical (unpaired) electrons. The zero-order valence-corrected chi connectivity index (χ0v) is 13.9. The van der Waals surface area contributed by atoms with E-state index < -0.39 is 12.2 Å². The molecular weight excluding hydrogens is 302 g/mol. The minimum Gasteiger partial charge on any atom is -0.449 e. The molecule has 8 heteroatoms. The van der Waals surface area contributed by atoms with E-state index >= 15 is 0 Å². The van der Waals surface area contributed by atoms with Gasteiger partial charge in [0.1, 0.15) is 5.70 Å². The van der Waals surface area contributed by atoms with E-state index in [4.69, 9.17) is 9.47 Å². The van der Waals surface area contributed by atoms with Gasteiger partial charge in [0.2, 0.25) is 0 Å². The summed E-state index contributed by atoms with van der Waals surface area (Å²) in [4.78, 5) is 36.0. The van der Waals surface area contributed by atoms with Crippen molar-refractivity contribution in [2.45, 2.75) is 46.5 Å². The number of allylic oxidation sites excluding steroid dienone is 2. The number of carbonyl (C=O) groups excluding carboxylic acids is 3. The fourth-order valence-corrected chi connectivity index (χ4v) is 2.27. The molecule has 0 aliphatic carbocycles. The molecular formula is C15H25N3O5. The van der Waals surface area contributed by atoms with E-state index in [2.05, 4.69) is 10.7 Å². The third kappa shape index (κ3) is 5.80. The zero-order valence-electron chi connectivity index (χ0n) is 13.9. The van der Waals surface area contributed by atoms with Crippen LogP contribution < -0.4 is 10.7 Å². The molecule has 130 valence electrons. The number of ketones is 1. The highest BCUT2D eigenvalue weighted by Gasteiger charge is 2.28. The van der Waals surface area contributed by atoms with Gasteiger partial charge in [0.15, 0.2) is 5.78 Å². The molecule has 1 saturated heterocycles. The summed E-state index contributed by atoms with van der Waals surface area (Å²) < 4.78 is 9.73. The fraction of sp³-hybridized carbons (Fsp3) is 0.667. The van der Waals surface area contributed by atoms with E-state index in [1.807, 2.05) is 0 Å². The van der Waals surface area contributed by atoms with E-state index in [9.17, 15) is 14.4 Å². The first-order chi connectivity index (χ1) is 11.0. The average Bonchev–Trinajstić information content (AvgIpc) is 2.76. The van der Waals surface area contributed by atoms with Crippen molar-refractivity contribution in [2.24, 2.45) is 0 Å². The maximum Gasteiger partial charge on any atom is 0.433 e. The molecule has 1 fully saturated rings. The summed E-state index contributed by atoms with van der Waals surface area (Å²) in [6.45, 7) is 5.60. The van der Waals surface area contributed by atoms with Crippen molar-refractivity contribution >= 4 is 18.0 Å². The van der Waals surface area contributed by atoms with Crippen LogP contribution in [0.2, 0.25) is 0 Å². The Morgan fingerprint density at radius 1 is 1.13 bits per heavy atom. The normalized spacial score (nSPS) is 16.5. The van der Waals surface area contributed by atoms with Crippen molar-refractivity contribution in [3.63, 3.8) is 0 Å². The lowest BCUT2D eigenvalue weighted by Gasteiger charge is -2.25. The van der Waals surface area contributed by atoms with Crippen LogP contribution in [0.25, 0.3) is 0 Å². The minimum atomic E-state index is -0.829. The molecule has 0 spiro atoms. The molecule has 0 aromatic heterocycles. The summed E-state index contributed by atoms with van der Waals surface area (Å²) in [7, 11) is 0. The number of hydrogen-bond donors (Lipinski definition) is 2. The number of amides is 2. The molecule has 1 heterocycles. The monoisotopic (exact) mass is 327 g/mol. The number of hydrogen-bond acceptors (Lipinski definition) is 6. The first-order valence-corrected chi connectivity index (χ1v) is 7.89. The van der Waals surface area contributed by atoms with Crippen LogP contribution in [0.3, 0.4) is 0 Å². The van der Waals surface area contributed by atoms with Crippen LogP contribution in [0.4, 0.5) is 9.59 Å². The number of nitrogens with one attached hydrogen (secondary N) is 2. The Bertz CT molecular complexity index is 466. The SMILES string of the molecule is CCOC(=O)NN(C(=O)OCC)/C(C(C)=O)=C1\CCCCCN1. The highest BCUT2D eigenvalue weighted by atomic mass is 16.6. The molecule has 8 nitrogen and oxygen atoms in total. The zero-order chi connectivity index (χ0) is 17.2. The van der Waals surface area contributed by atoms with Gasteiger partial charge in [-0.15, -0.1) is 0 Å². The Kier molecular flexibility index (Phi) is 7.93. The lowest BCUT2D eigenvalue weighted by Crippen LogP contribution is -2.48. The lowest BCUT2D eigenvalue weighted by atomic mass is 10.1. The van der Waals surface area contributed by atoms with Crippen LogP contribution >= 0.6 is 0 Å². The first kappa shape index (κ1) is 18.8. The van der Waals surface area contributed by atoms with E-state index in [0.717, 1.165) is 24.3 Å². The third-order valence-electron chi connectivity index (χ3n) is 3.21. The third-order valence-corrected chi connectivity index (χ3v) is 3.21. The van der Waals surface area contributed by atoms with Crippen LogP contribution in [-0.2, 0) is 14.3 Å². The highest BCUT2D eigenvalue weighted by molar-refractivity contribution is 5.97. The van der Waals surface area contributed by atoms with Crippen molar-refractivity contribution in [1.82, 2.24) is 15.8 Å². The maximum absolute atomic E-state index is 12.2. The van der Waals surface area contributed by atoms with Gasteiger partial charge in [0, 0.05) is 19.2 Å². The lowest BCUT2D eigenvalue weighted by molar-refractivity contribution is -0.115. The number of carbonyl (C=O) groups is 3. The quantitative estimate of drug-likeness (QED) is 0.606. The van der Waals surface area contributed by atoms with Gasteiger partial charge in [0.25, 0.3) is 0 Å². The molecule has 2 amide bonds. The molecule has 0 saturated carbocycles. The van der Waals surface area contributed by atoms with Gasteiger partial charge in [-0.25, -0.2) is 15.0 Å². The van der Waals surface area contributed by atoms with E-state index in [1.54, 1.807) is 13.8 Å². The Balaban J connectivity index is 3.15. The topological polar surface area (TPSA) is 97.0 Å². The summed E-state index contributed by atoms with van der Waals surface area (Å²) in [5.74, 6) is -0.348. The molecule has 0 aromatic rings. The van der Waals surface area contributed by atoms with Gasteiger partial charge in [-0.1, -0.05) is 6.42 Å². The van der Waals surface area contributed by atoms with Crippen LogP contribution in [0.15, 0.2) is 11.4 Å². The predicted molar refractivity (Wildman–Crippen MR) is 83.2 cm³/mol. The van der Waals surface area contributed by atoms with Gasteiger partial charge < -0.3 is 14.8 Å². The summed E-state index contributed by atoms with van der Waals surface area (Å²) in [5, 5.41) is 3.99. The Morgan fingerprint density at radius 3 is 2.43 bits per heavy atom. The average molecular weight is 327 g/mol. The number of ether oxygens (including phenoxy) is 2. The molecule has 0 unspecified atom stereocenters. The van der Waals surface area contributed by atoms with Crippen molar-refractivity contribution in [3.05, 3.63) is 11.4 Å². The van der Waals surface area contributed by atoms with Gasteiger partial charge in [0.05, 0.1) is 13.2 Å². The maximum atomic E-state index is 12.2. The molecule has 1 aliphatic heterocycles. The van der Waals surface area contributed by atoms with E-state index in [1.165, 1.54) is 6.92 Å². The van der Waals surface area contributed by atoms with Crippen LogP contribution in [-0.4, -0.2) is 42.7 Å². The van der Waals surface area contributed by atoms with Crippen molar-refractivity contribution in [3.8, 4) is 0 Å². The second-order valence-electron chi connectivity index (χ2n) is 4.99. The second kappa shape index (κ2) is 9.70. The smallest absolute Gasteiger partial charge is 0.433 e. The molecule has 1 rings (SSSR count). The summed E-state index contributed by atoms with van der Waals surface area (Å²) in [6, 6.07) is 0. The second-order valence-corrected chi connectivity index (χ2v) is 4.99. The minimum absolute atomic E-state index is 0.0819. The standard InChI is InChI=1S/C15H25N3O5/c1-4-22-14(20)17-18(15(21)23-5-2)13(11(3)19)12-9-7-6-8-10-16-12/h16H,4-10H2,1-3H3,(H,17,20)/b13-12+. The molecule has 23 heavy (non-hydrogen) atoms. The Labute approximate surface area is 136 Å². The number of hydrazine groups is 1. The van der Waals surface area contributed by atoms with E-state index in [0.29, 0.717) is 18.7 Å².